The van der Waals surface area contributed by atoms with Gasteiger partial charge in [0.25, 0.3) is 0 Å². The highest BCUT2D eigenvalue weighted by Crippen LogP contribution is 2.12. The molecule has 25 heavy (non-hydrogen) atoms. The van der Waals surface area contributed by atoms with Crippen molar-refractivity contribution >= 4 is 5.97 Å². The molecule has 0 saturated carbocycles. The highest BCUT2D eigenvalue weighted by molar-refractivity contribution is 5.89. The van der Waals surface area contributed by atoms with Crippen molar-refractivity contribution < 1.29 is 9.53 Å². The Balaban J connectivity index is 1.85. The first-order chi connectivity index (χ1) is 12.3. The predicted octanol–water partition coefficient (Wildman–Crippen LogP) is 7.10. The van der Waals surface area contributed by atoms with Gasteiger partial charge in [-0.2, -0.15) is 0 Å². The lowest BCUT2D eigenvalue weighted by atomic mass is 10.1. The minimum Gasteiger partial charge on any atom is -0.458 e. The third-order valence-electron chi connectivity index (χ3n) is 4.46. The average Bonchev–Trinajstić information content (AvgIpc) is 2.65. The van der Waals surface area contributed by atoms with Gasteiger partial charge >= 0.3 is 5.97 Å². The van der Waals surface area contributed by atoms with Crippen LogP contribution in [0.5, 0.6) is 0 Å². The van der Waals surface area contributed by atoms with E-state index in [1.54, 1.807) is 12.1 Å². The normalized spacial score (nSPS) is 11.1. The van der Waals surface area contributed by atoms with Gasteiger partial charge in [0, 0.05) is 0 Å². The van der Waals surface area contributed by atoms with E-state index >= 15 is 0 Å². The maximum atomic E-state index is 11.7. The molecule has 0 heterocycles. The fraction of sp³-hybridized carbons (Fsp3) is 0.609. The molecule has 0 aliphatic rings. The zero-order chi connectivity index (χ0) is 18.0. The molecule has 2 nitrogen and oxygen atoms in total. The number of carbonyl (C=O) groups is 1. The summed E-state index contributed by atoms with van der Waals surface area (Å²) in [7, 11) is 0. The number of esters is 1. The third kappa shape index (κ3) is 12.4. The van der Waals surface area contributed by atoms with Gasteiger partial charge in [-0.25, -0.2) is 4.79 Å². The molecule has 1 aromatic carbocycles. The summed E-state index contributed by atoms with van der Waals surface area (Å²) in [6.45, 7) is 2.64. The number of hydrogen-bond donors (Lipinski definition) is 0. The summed E-state index contributed by atoms with van der Waals surface area (Å²) >= 11 is 0. The van der Waals surface area contributed by atoms with Crippen LogP contribution >= 0.6 is 0 Å². The molecule has 0 bridgehead atoms. The van der Waals surface area contributed by atoms with E-state index in [1.165, 1.54) is 70.6 Å². The van der Waals surface area contributed by atoms with Crippen molar-refractivity contribution in [3.8, 4) is 0 Å². The molecule has 0 fully saturated rings. The molecule has 1 aromatic rings. The SMILES string of the molecule is CCCCCCCCCCCCC/C=C/COC(=O)c1ccccc1. The van der Waals surface area contributed by atoms with Gasteiger partial charge < -0.3 is 4.74 Å². The van der Waals surface area contributed by atoms with Gasteiger partial charge in [0.1, 0.15) is 6.61 Å². The van der Waals surface area contributed by atoms with Gasteiger partial charge in [0.15, 0.2) is 0 Å². The number of unbranched alkanes of at least 4 members (excludes halogenated alkanes) is 11. The highest BCUT2D eigenvalue weighted by atomic mass is 16.5. The lowest BCUT2D eigenvalue weighted by Crippen LogP contribution is -2.04. The van der Waals surface area contributed by atoms with Crippen molar-refractivity contribution in [3.63, 3.8) is 0 Å². The van der Waals surface area contributed by atoms with E-state index in [9.17, 15) is 4.79 Å². The molecular formula is C23H36O2. The lowest BCUT2D eigenvalue weighted by molar-refractivity contribution is 0.0549. The van der Waals surface area contributed by atoms with Crippen LogP contribution in [0.25, 0.3) is 0 Å². The number of ether oxygens (including phenoxy) is 1. The van der Waals surface area contributed by atoms with Gasteiger partial charge in [-0.1, -0.05) is 101 Å². The zero-order valence-corrected chi connectivity index (χ0v) is 16.1. The van der Waals surface area contributed by atoms with Gasteiger partial charge in [0.2, 0.25) is 0 Å². The minimum absolute atomic E-state index is 0.250. The molecule has 0 atom stereocenters. The monoisotopic (exact) mass is 344 g/mol. The number of rotatable bonds is 15. The molecule has 0 radical (unpaired) electrons. The Kier molecular flexibility index (Phi) is 13.7. The molecule has 0 aromatic heterocycles. The van der Waals surface area contributed by atoms with Crippen LogP contribution in [0.4, 0.5) is 0 Å². The maximum absolute atomic E-state index is 11.7. The maximum Gasteiger partial charge on any atom is 0.338 e. The van der Waals surface area contributed by atoms with Crippen molar-refractivity contribution in [2.45, 2.75) is 84.0 Å². The summed E-state index contributed by atoms with van der Waals surface area (Å²) in [4.78, 5) is 11.7. The Bertz CT molecular complexity index is 450. The van der Waals surface area contributed by atoms with Crippen molar-refractivity contribution in [1.82, 2.24) is 0 Å². The summed E-state index contributed by atoms with van der Waals surface area (Å²) in [6.07, 6.45) is 20.3. The molecular weight excluding hydrogens is 308 g/mol. The molecule has 0 saturated heterocycles. The molecule has 0 aliphatic heterocycles. The van der Waals surface area contributed by atoms with E-state index in [4.69, 9.17) is 4.74 Å². The first-order valence-electron chi connectivity index (χ1n) is 10.2. The molecule has 1 rings (SSSR count). The van der Waals surface area contributed by atoms with Crippen LogP contribution in [-0.4, -0.2) is 12.6 Å². The van der Waals surface area contributed by atoms with E-state index in [1.807, 2.05) is 24.3 Å². The smallest absolute Gasteiger partial charge is 0.338 e. The summed E-state index contributed by atoms with van der Waals surface area (Å²) in [5.74, 6) is -0.250. The van der Waals surface area contributed by atoms with Crippen LogP contribution in [0, 0.1) is 0 Å². The van der Waals surface area contributed by atoms with Crippen molar-refractivity contribution in [2.24, 2.45) is 0 Å². The van der Waals surface area contributed by atoms with Gasteiger partial charge in [-0.15, -0.1) is 0 Å². The van der Waals surface area contributed by atoms with E-state index in [2.05, 4.69) is 13.0 Å². The second-order valence-electron chi connectivity index (χ2n) is 6.76. The Morgan fingerprint density at radius 3 is 1.96 bits per heavy atom. The molecule has 0 aliphatic carbocycles. The first kappa shape index (κ1) is 21.5. The van der Waals surface area contributed by atoms with E-state index in [0.29, 0.717) is 12.2 Å². The van der Waals surface area contributed by atoms with E-state index in [-0.39, 0.29) is 5.97 Å². The van der Waals surface area contributed by atoms with Gasteiger partial charge in [-0.05, 0) is 25.0 Å². The topological polar surface area (TPSA) is 26.3 Å². The van der Waals surface area contributed by atoms with E-state index < -0.39 is 0 Å². The number of allylic oxidation sites excluding steroid dienone is 1. The van der Waals surface area contributed by atoms with Crippen LogP contribution in [0.2, 0.25) is 0 Å². The predicted molar refractivity (Wildman–Crippen MR) is 107 cm³/mol. The Labute approximate surface area is 154 Å². The van der Waals surface area contributed by atoms with Crippen molar-refractivity contribution in [2.75, 3.05) is 6.61 Å². The highest BCUT2D eigenvalue weighted by Gasteiger charge is 2.03. The second-order valence-corrected chi connectivity index (χ2v) is 6.76. The quantitative estimate of drug-likeness (QED) is 0.193. The fourth-order valence-electron chi connectivity index (χ4n) is 2.89. The van der Waals surface area contributed by atoms with Crippen LogP contribution in [-0.2, 0) is 4.74 Å². The molecule has 0 unspecified atom stereocenters. The number of hydrogen-bond acceptors (Lipinski definition) is 2. The average molecular weight is 345 g/mol. The summed E-state index contributed by atoms with van der Waals surface area (Å²) in [5, 5.41) is 0. The van der Waals surface area contributed by atoms with Gasteiger partial charge in [0.05, 0.1) is 5.56 Å². The molecule has 2 heteroatoms. The largest absolute Gasteiger partial charge is 0.458 e. The van der Waals surface area contributed by atoms with E-state index in [0.717, 1.165) is 6.42 Å². The number of benzene rings is 1. The summed E-state index contributed by atoms with van der Waals surface area (Å²) in [5.41, 5.74) is 0.612. The number of carbonyl (C=O) groups excluding carboxylic acids is 1. The third-order valence-corrected chi connectivity index (χ3v) is 4.46. The Morgan fingerprint density at radius 2 is 1.36 bits per heavy atom. The molecule has 0 spiro atoms. The lowest BCUT2D eigenvalue weighted by Gasteiger charge is -2.02. The van der Waals surface area contributed by atoms with Crippen molar-refractivity contribution in [3.05, 3.63) is 48.0 Å². The standard InChI is InChI=1S/C23H36O2/c1-2-3-4-5-6-7-8-9-10-11-12-13-14-18-21-25-23(24)22-19-16-15-17-20-22/h14-20H,2-13,21H2,1H3/b18-14+. The summed E-state index contributed by atoms with van der Waals surface area (Å²) < 4.78 is 5.21. The van der Waals surface area contributed by atoms with Crippen LogP contribution in [0.3, 0.4) is 0 Å². The van der Waals surface area contributed by atoms with Crippen LogP contribution < -0.4 is 0 Å². The van der Waals surface area contributed by atoms with Crippen molar-refractivity contribution in [1.29, 1.82) is 0 Å². The van der Waals surface area contributed by atoms with Crippen LogP contribution in [0.1, 0.15) is 94.3 Å². The summed E-state index contributed by atoms with van der Waals surface area (Å²) in [6, 6.07) is 9.14. The second kappa shape index (κ2) is 15.9. The van der Waals surface area contributed by atoms with Crippen LogP contribution in [0.15, 0.2) is 42.5 Å². The Morgan fingerprint density at radius 1 is 0.800 bits per heavy atom. The molecule has 0 amide bonds. The molecule has 0 N–H and O–H groups in total. The molecule has 140 valence electrons. The minimum atomic E-state index is -0.250. The zero-order valence-electron chi connectivity index (χ0n) is 16.1. The fourth-order valence-corrected chi connectivity index (χ4v) is 2.89. The van der Waals surface area contributed by atoms with Gasteiger partial charge in [-0.3, -0.25) is 0 Å². The first-order valence-corrected chi connectivity index (χ1v) is 10.2. The Hall–Kier alpha value is -1.57.